The highest BCUT2D eigenvalue weighted by Gasteiger charge is 2.10. The van der Waals surface area contributed by atoms with E-state index in [1.165, 1.54) is 0 Å². The second-order valence-corrected chi connectivity index (χ2v) is 3.90. The first-order valence-electron chi connectivity index (χ1n) is 3.93. The maximum atomic E-state index is 4.48. The maximum Gasteiger partial charge on any atom is 0.00545 e. The van der Waals surface area contributed by atoms with Gasteiger partial charge in [-0.15, -0.1) is 0 Å². The van der Waals surface area contributed by atoms with Crippen molar-refractivity contribution < 1.29 is 0 Å². The van der Waals surface area contributed by atoms with Gasteiger partial charge in [-0.1, -0.05) is 13.8 Å². The maximum absolute atomic E-state index is 4.48. The van der Waals surface area contributed by atoms with Crippen molar-refractivity contribution in [1.29, 1.82) is 0 Å². The first kappa shape index (κ1) is 10.3. The molecule has 0 saturated carbocycles. The highest BCUT2D eigenvalue weighted by atomic mass is 32.1. The molecule has 0 amide bonds. The Kier molecular flexibility index (Phi) is 5.18. The van der Waals surface area contributed by atoms with Gasteiger partial charge in [0.05, 0.1) is 0 Å². The molecule has 0 aromatic rings. The Bertz CT molecular complexity index is 83.3. The van der Waals surface area contributed by atoms with E-state index in [4.69, 9.17) is 0 Å². The number of thiol groups is 1. The molecule has 0 saturated heterocycles. The zero-order chi connectivity index (χ0) is 8.15. The topological polar surface area (TPSA) is 12.0 Å². The first-order valence-corrected chi connectivity index (χ1v) is 4.45. The third-order valence-electron chi connectivity index (χ3n) is 1.86. The number of hydrogen-bond donors (Lipinski definition) is 2. The van der Waals surface area contributed by atoms with E-state index in [1.807, 2.05) is 7.05 Å². The molecular formula is C8H19NS. The Morgan fingerprint density at radius 2 is 1.80 bits per heavy atom. The van der Waals surface area contributed by atoms with Gasteiger partial charge in [-0.05, 0) is 26.3 Å². The van der Waals surface area contributed by atoms with Crippen LogP contribution in [0.4, 0.5) is 0 Å². The van der Waals surface area contributed by atoms with Gasteiger partial charge in [0.1, 0.15) is 0 Å². The van der Waals surface area contributed by atoms with Crippen LogP contribution in [0.25, 0.3) is 0 Å². The quantitative estimate of drug-likeness (QED) is 0.600. The molecule has 0 aliphatic heterocycles. The lowest BCUT2D eigenvalue weighted by Gasteiger charge is -2.18. The van der Waals surface area contributed by atoms with Crippen molar-refractivity contribution in [2.45, 2.75) is 38.5 Å². The summed E-state index contributed by atoms with van der Waals surface area (Å²) in [6, 6.07) is 0.588. The van der Waals surface area contributed by atoms with Gasteiger partial charge < -0.3 is 5.32 Å². The standard InChI is InChI=1S/C8H19NS/c1-6(2)8(10)5-7(3)9-4/h6-10H,5H2,1-4H3/t7-,8-/m1/s1. The average Bonchev–Trinajstić information content (AvgIpc) is 1.87. The van der Waals surface area contributed by atoms with E-state index < -0.39 is 0 Å². The van der Waals surface area contributed by atoms with E-state index in [-0.39, 0.29) is 0 Å². The van der Waals surface area contributed by atoms with Crippen LogP contribution in [0, 0.1) is 5.92 Å². The summed E-state index contributed by atoms with van der Waals surface area (Å²) in [6.07, 6.45) is 1.15. The van der Waals surface area contributed by atoms with Crippen molar-refractivity contribution >= 4 is 12.6 Å². The fourth-order valence-electron chi connectivity index (χ4n) is 0.752. The summed E-state index contributed by atoms with van der Waals surface area (Å²) in [6.45, 7) is 6.60. The summed E-state index contributed by atoms with van der Waals surface area (Å²) in [4.78, 5) is 0. The smallest absolute Gasteiger partial charge is 0.00545 e. The second kappa shape index (κ2) is 5.03. The molecular weight excluding hydrogens is 142 g/mol. The molecule has 0 aliphatic carbocycles. The normalized spacial score (nSPS) is 17.4. The van der Waals surface area contributed by atoms with Gasteiger partial charge in [0.15, 0.2) is 0 Å². The Labute approximate surface area is 70.0 Å². The van der Waals surface area contributed by atoms with Crippen LogP contribution in [0.2, 0.25) is 0 Å². The first-order chi connectivity index (χ1) is 4.57. The third kappa shape index (κ3) is 4.18. The molecule has 1 N–H and O–H groups in total. The lowest BCUT2D eigenvalue weighted by Crippen LogP contribution is -2.26. The predicted molar refractivity (Wildman–Crippen MR) is 50.8 cm³/mol. The average molecular weight is 161 g/mol. The summed E-state index contributed by atoms with van der Waals surface area (Å²) in [7, 11) is 1.99. The van der Waals surface area contributed by atoms with Crippen molar-refractivity contribution in [2.24, 2.45) is 5.92 Å². The highest BCUT2D eigenvalue weighted by Crippen LogP contribution is 2.14. The molecule has 0 aromatic carbocycles. The number of rotatable bonds is 4. The Balaban J connectivity index is 3.46. The summed E-state index contributed by atoms with van der Waals surface area (Å²) >= 11 is 4.48. The van der Waals surface area contributed by atoms with Gasteiger partial charge in [-0.2, -0.15) is 12.6 Å². The van der Waals surface area contributed by atoms with Crippen LogP contribution in [0.1, 0.15) is 27.2 Å². The Hall–Kier alpha value is 0.310. The van der Waals surface area contributed by atoms with Crippen molar-refractivity contribution in [2.75, 3.05) is 7.05 Å². The van der Waals surface area contributed by atoms with E-state index in [1.54, 1.807) is 0 Å². The largest absolute Gasteiger partial charge is 0.317 e. The van der Waals surface area contributed by atoms with Gasteiger partial charge in [0.2, 0.25) is 0 Å². The van der Waals surface area contributed by atoms with E-state index in [9.17, 15) is 0 Å². The summed E-state index contributed by atoms with van der Waals surface area (Å²) in [5.41, 5.74) is 0. The molecule has 62 valence electrons. The molecule has 0 bridgehead atoms. The van der Waals surface area contributed by atoms with Crippen LogP contribution >= 0.6 is 12.6 Å². The molecule has 0 rings (SSSR count). The zero-order valence-corrected chi connectivity index (χ0v) is 8.28. The van der Waals surface area contributed by atoms with Crippen molar-refractivity contribution in [3.8, 4) is 0 Å². The van der Waals surface area contributed by atoms with Gasteiger partial charge in [-0.3, -0.25) is 0 Å². The van der Waals surface area contributed by atoms with Crippen molar-refractivity contribution in [3.63, 3.8) is 0 Å². The molecule has 2 heteroatoms. The van der Waals surface area contributed by atoms with E-state index in [2.05, 4.69) is 38.7 Å². The van der Waals surface area contributed by atoms with Gasteiger partial charge in [0.25, 0.3) is 0 Å². The van der Waals surface area contributed by atoms with Crippen LogP contribution in [0.15, 0.2) is 0 Å². The minimum absolute atomic E-state index is 0.530. The predicted octanol–water partition coefficient (Wildman–Crippen LogP) is 1.94. The Morgan fingerprint density at radius 3 is 2.10 bits per heavy atom. The van der Waals surface area contributed by atoms with Crippen molar-refractivity contribution in [1.82, 2.24) is 5.32 Å². The van der Waals surface area contributed by atoms with Gasteiger partial charge in [0, 0.05) is 11.3 Å². The fourth-order valence-corrected chi connectivity index (χ4v) is 1.07. The fraction of sp³-hybridized carbons (Fsp3) is 1.00. The highest BCUT2D eigenvalue weighted by molar-refractivity contribution is 7.81. The molecule has 0 unspecified atom stereocenters. The van der Waals surface area contributed by atoms with Crippen LogP contribution in [0.3, 0.4) is 0 Å². The van der Waals surface area contributed by atoms with Crippen molar-refractivity contribution in [3.05, 3.63) is 0 Å². The molecule has 10 heavy (non-hydrogen) atoms. The molecule has 0 fully saturated rings. The monoisotopic (exact) mass is 161 g/mol. The van der Waals surface area contributed by atoms with Crippen LogP contribution < -0.4 is 5.32 Å². The lowest BCUT2D eigenvalue weighted by atomic mass is 10.0. The van der Waals surface area contributed by atoms with Crippen LogP contribution in [-0.2, 0) is 0 Å². The molecule has 1 nitrogen and oxygen atoms in total. The summed E-state index contributed by atoms with van der Waals surface area (Å²) in [5.74, 6) is 0.680. The van der Waals surface area contributed by atoms with E-state index >= 15 is 0 Å². The minimum Gasteiger partial charge on any atom is -0.317 e. The van der Waals surface area contributed by atoms with Gasteiger partial charge >= 0.3 is 0 Å². The van der Waals surface area contributed by atoms with E-state index in [0.29, 0.717) is 17.2 Å². The molecule has 0 radical (unpaired) electrons. The summed E-state index contributed by atoms with van der Waals surface area (Å²) in [5, 5.41) is 3.73. The van der Waals surface area contributed by atoms with Crippen LogP contribution in [0.5, 0.6) is 0 Å². The van der Waals surface area contributed by atoms with E-state index in [0.717, 1.165) is 6.42 Å². The molecule has 0 spiro atoms. The molecule has 0 aliphatic rings. The molecule has 0 aromatic heterocycles. The molecule has 0 heterocycles. The Morgan fingerprint density at radius 1 is 1.30 bits per heavy atom. The zero-order valence-electron chi connectivity index (χ0n) is 7.39. The summed E-state index contributed by atoms with van der Waals surface area (Å²) < 4.78 is 0. The van der Waals surface area contributed by atoms with Crippen LogP contribution in [-0.4, -0.2) is 18.3 Å². The second-order valence-electron chi connectivity index (χ2n) is 3.24. The van der Waals surface area contributed by atoms with Gasteiger partial charge in [-0.25, -0.2) is 0 Å². The third-order valence-corrected chi connectivity index (χ3v) is 2.66. The molecule has 2 atom stereocenters. The lowest BCUT2D eigenvalue weighted by molar-refractivity contribution is 0.490. The number of hydrogen-bond acceptors (Lipinski definition) is 2. The number of nitrogens with one attached hydrogen (secondary N) is 1. The minimum atomic E-state index is 0.530. The SMILES string of the molecule is CN[C@H](C)C[C@@H](S)C(C)C.